The summed E-state index contributed by atoms with van der Waals surface area (Å²) in [5.41, 5.74) is 1.21. The largest absolute Gasteiger partial charge is 0.454 e. The molecule has 0 aliphatic carbocycles. The van der Waals surface area contributed by atoms with Crippen molar-refractivity contribution in [3.05, 3.63) is 83.7 Å². The number of benzene rings is 2. The molecule has 198 valence electrons. The van der Waals surface area contributed by atoms with Crippen molar-refractivity contribution in [1.82, 2.24) is 20.5 Å². The maximum absolute atomic E-state index is 14.8. The monoisotopic (exact) mass is 523 g/mol. The van der Waals surface area contributed by atoms with E-state index in [9.17, 15) is 23.2 Å². The van der Waals surface area contributed by atoms with Crippen molar-refractivity contribution in [3.63, 3.8) is 0 Å². The summed E-state index contributed by atoms with van der Waals surface area (Å²) in [6.07, 6.45) is 5.09. The second-order valence-corrected chi connectivity index (χ2v) is 8.80. The summed E-state index contributed by atoms with van der Waals surface area (Å²) in [5, 5.41) is 7.36. The van der Waals surface area contributed by atoms with Gasteiger partial charge in [-0.05, 0) is 61.8 Å². The van der Waals surface area contributed by atoms with Crippen LogP contribution in [0.15, 0.2) is 60.9 Å². The molecule has 11 heteroatoms. The van der Waals surface area contributed by atoms with E-state index in [-0.39, 0.29) is 30.3 Å². The number of aromatic nitrogens is 1. The molecule has 1 saturated heterocycles. The van der Waals surface area contributed by atoms with Crippen LogP contribution in [-0.4, -0.2) is 47.4 Å². The van der Waals surface area contributed by atoms with Crippen molar-refractivity contribution in [1.29, 1.82) is 0 Å². The molecule has 0 unspecified atom stereocenters. The first-order chi connectivity index (χ1) is 18.4. The Balaban J connectivity index is 1.30. The number of pyridine rings is 1. The van der Waals surface area contributed by atoms with Crippen LogP contribution < -0.4 is 20.7 Å². The van der Waals surface area contributed by atoms with Gasteiger partial charge in [0.2, 0.25) is 11.8 Å². The van der Waals surface area contributed by atoms with Gasteiger partial charge in [0.1, 0.15) is 11.6 Å². The van der Waals surface area contributed by atoms with Crippen LogP contribution in [0.4, 0.5) is 19.3 Å². The zero-order chi connectivity index (χ0) is 26.9. The highest BCUT2D eigenvalue weighted by molar-refractivity contribution is 6.01. The predicted molar refractivity (Wildman–Crippen MR) is 135 cm³/mol. The molecule has 4 rings (SSSR count). The Morgan fingerprint density at radius 2 is 1.71 bits per heavy atom. The molecule has 0 bridgehead atoms. The van der Waals surface area contributed by atoms with Gasteiger partial charge in [-0.15, -0.1) is 0 Å². The quantitative estimate of drug-likeness (QED) is 0.394. The van der Waals surface area contributed by atoms with E-state index in [1.807, 2.05) is 0 Å². The van der Waals surface area contributed by atoms with E-state index >= 15 is 0 Å². The number of urea groups is 1. The molecule has 1 aliphatic rings. The third-order valence-electron chi connectivity index (χ3n) is 5.84. The van der Waals surface area contributed by atoms with E-state index in [0.29, 0.717) is 23.4 Å². The zero-order valence-corrected chi connectivity index (χ0v) is 20.5. The number of carbonyl (C=O) groups is 3. The topological polar surface area (TPSA) is 113 Å². The number of anilines is 1. The smallest absolute Gasteiger partial charge is 0.325 e. The van der Waals surface area contributed by atoms with Gasteiger partial charge in [-0.1, -0.05) is 12.1 Å². The lowest BCUT2D eigenvalue weighted by Gasteiger charge is -2.15. The number of amides is 4. The number of nitrogens with one attached hydrogen (secondary N) is 3. The van der Waals surface area contributed by atoms with Crippen LogP contribution in [0.5, 0.6) is 11.5 Å². The first-order valence-electron chi connectivity index (χ1n) is 12.1. The summed E-state index contributed by atoms with van der Waals surface area (Å²) in [6, 6.07) is 9.85. The van der Waals surface area contributed by atoms with E-state index in [0.717, 1.165) is 32.0 Å². The number of halogens is 2. The second kappa shape index (κ2) is 12.7. The molecule has 1 fully saturated rings. The molecule has 2 aromatic carbocycles. The van der Waals surface area contributed by atoms with Gasteiger partial charge in [-0.2, -0.15) is 0 Å². The summed E-state index contributed by atoms with van der Waals surface area (Å²) < 4.78 is 33.5. The Labute approximate surface area is 218 Å². The summed E-state index contributed by atoms with van der Waals surface area (Å²) in [4.78, 5) is 42.6. The fraction of sp³-hybridized carbons (Fsp3) is 0.259. The van der Waals surface area contributed by atoms with Crippen LogP contribution in [0.3, 0.4) is 0 Å². The maximum atomic E-state index is 14.8. The van der Waals surface area contributed by atoms with E-state index in [1.165, 1.54) is 48.8 Å². The molecule has 0 atom stereocenters. The standard InChI is InChI=1S/C27H27F2N5O4/c28-20-5-3-18(4-6-20)13-25(35)33-27(37)32-21-7-8-24(22(29)14-21)38-23-9-10-30-15-19(23)16-31-26(36)17-34-11-1-2-12-34/h3-10,14-15H,1-2,11-13,16-17H2,(H,31,36)(H2,32,33,35,37). The van der Waals surface area contributed by atoms with Crippen LogP contribution in [0.2, 0.25) is 0 Å². The normalized spacial score (nSPS) is 13.1. The van der Waals surface area contributed by atoms with Gasteiger partial charge >= 0.3 is 6.03 Å². The van der Waals surface area contributed by atoms with Gasteiger partial charge < -0.3 is 15.4 Å². The number of hydrogen-bond donors (Lipinski definition) is 3. The van der Waals surface area contributed by atoms with Crippen molar-refractivity contribution < 1.29 is 27.9 Å². The van der Waals surface area contributed by atoms with E-state index in [2.05, 4.69) is 25.8 Å². The van der Waals surface area contributed by atoms with Crippen LogP contribution >= 0.6 is 0 Å². The van der Waals surface area contributed by atoms with Gasteiger partial charge in [0.05, 0.1) is 13.0 Å². The summed E-state index contributed by atoms with van der Waals surface area (Å²) in [7, 11) is 0. The average molecular weight is 524 g/mol. The number of nitrogens with zero attached hydrogens (tertiary/aromatic N) is 2. The highest BCUT2D eigenvalue weighted by atomic mass is 19.1. The predicted octanol–water partition coefficient (Wildman–Crippen LogP) is 3.75. The molecular formula is C27H27F2N5O4. The van der Waals surface area contributed by atoms with Crippen LogP contribution in [0, 0.1) is 11.6 Å². The lowest BCUT2D eigenvalue weighted by atomic mass is 10.1. The maximum Gasteiger partial charge on any atom is 0.325 e. The van der Waals surface area contributed by atoms with Gasteiger partial charge in [0, 0.05) is 36.3 Å². The summed E-state index contributed by atoms with van der Waals surface area (Å²) in [5.74, 6) is -1.67. The Morgan fingerprint density at radius 1 is 0.947 bits per heavy atom. The van der Waals surface area contributed by atoms with Gasteiger partial charge in [-0.3, -0.25) is 24.8 Å². The number of rotatable bonds is 9. The molecule has 3 aromatic rings. The van der Waals surface area contributed by atoms with Crippen LogP contribution in [0.25, 0.3) is 0 Å². The number of ether oxygens (including phenoxy) is 1. The number of likely N-dealkylation sites (tertiary alicyclic amines) is 1. The molecule has 0 radical (unpaired) electrons. The first kappa shape index (κ1) is 26.7. The summed E-state index contributed by atoms with van der Waals surface area (Å²) >= 11 is 0. The molecule has 1 aliphatic heterocycles. The van der Waals surface area contributed by atoms with Gasteiger partial charge in [0.15, 0.2) is 11.6 Å². The van der Waals surface area contributed by atoms with Crippen LogP contribution in [0.1, 0.15) is 24.0 Å². The number of hydrogen-bond acceptors (Lipinski definition) is 6. The molecule has 0 spiro atoms. The fourth-order valence-electron chi connectivity index (χ4n) is 3.94. The minimum Gasteiger partial charge on any atom is -0.454 e. The lowest BCUT2D eigenvalue weighted by Crippen LogP contribution is -2.35. The third-order valence-corrected chi connectivity index (χ3v) is 5.84. The highest BCUT2D eigenvalue weighted by Gasteiger charge is 2.16. The van der Waals surface area contributed by atoms with Crippen molar-refractivity contribution >= 4 is 23.5 Å². The number of carbonyl (C=O) groups excluding carboxylic acids is 3. The second-order valence-electron chi connectivity index (χ2n) is 8.80. The first-order valence-corrected chi connectivity index (χ1v) is 12.1. The van der Waals surface area contributed by atoms with Crippen molar-refractivity contribution in [3.8, 4) is 11.5 Å². The average Bonchev–Trinajstić information content (AvgIpc) is 3.39. The van der Waals surface area contributed by atoms with Gasteiger partial charge in [-0.25, -0.2) is 13.6 Å². The van der Waals surface area contributed by atoms with E-state index in [1.54, 1.807) is 6.07 Å². The molecule has 2 heterocycles. The van der Waals surface area contributed by atoms with Crippen LogP contribution in [-0.2, 0) is 22.6 Å². The Morgan fingerprint density at radius 3 is 2.45 bits per heavy atom. The molecule has 1 aromatic heterocycles. The third kappa shape index (κ3) is 7.81. The SMILES string of the molecule is O=C(CN1CCCC1)NCc1cnccc1Oc1ccc(NC(=O)NC(=O)Cc2ccc(F)cc2)cc1F. The van der Waals surface area contributed by atoms with Crippen molar-refractivity contribution in [2.24, 2.45) is 0 Å². The minimum absolute atomic E-state index is 0.0980. The van der Waals surface area contributed by atoms with E-state index in [4.69, 9.17) is 4.74 Å². The molecule has 38 heavy (non-hydrogen) atoms. The minimum atomic E-state index is -0.841. The Bertz CT molecular complexity index is 1300. The zero-order valence-electron chi connectivity index (χ0n) is 20.5. The highest BCUT2D eigenvalue weighted by Crippen LogP contribution is 2.28. The molecule has 4 amide bonds. The Kier molecular flexibility index (Phi) is 8.94. The van der Waals surface area contributed by atoms with E-state index < -0.39 is 23.6 Å². The molecular weight excluding hydrogens is 496 g/mol. The van der Waals surface area contributed by atoms with Crippen molar-refractivity contribution in [2.45, 2.75) is 25.8 Å². The molecule has 9 nitrogen and oxygen atoms in total. The number of imide groups is 1. The van der Waals surface area contributed by atoms with Gasteiger partial charge in [0.25, 0.3) is 0 Å². The lowest BCUT2D eigenvalue weighted by molar-refractivity contribution is -0.122. The fourth-order valence-corrected chi connectivity index (χ4v) is 3.94. The summed E-state index contributed by atoms with van der Waals surface area (Å²) in [6.45, 7) is 2.31. The Hall–Kier alpha value is -4.38. The van der Waals surface area contributed by atoms with Crippen molar-refractivity contribution in [2.75, 3.05) is 25.0 Å². The molecule has 0 saturated carbocycles. The molecule has 3 N–H and O–H groups in total.